The number of rotatable bonds is 2. The van der Waals surface area contributed by atoms with Crippen molar-refractivity contribution in [3.8, 4) is 0 Å². The highest BCUT2D eigenvalue weighted by molar-refractivity contribution is 5.89. The number of carbonyl (C=O) groups excluding carboxylic acids is 2. The molecule has 0 aromatic rings. The average molecular weight is 223 g/mol. The van der Waals surface area contributed by atoms with Gasteiger partial charge in [-0.3, -0.25) is 4.79 Å². The third-order valence-corrected chi connectivity index (χ3v) is 1.41. The first kappa shape index (κ1) is 11.1. The van der Waals surface area contributed by atoms with Gasteiger partial charge >= 0.3 is 17.9 Å². The molecular formula is C6H4F3N3O3. The molecular weight excluding hydrogens is 219 g/mol. The summed E-state index contributed by atoms with van der Waals surface area (Å²) >= 11 is 0. The second-order valence-corrected chi connectivity index (χ2v) is 2.48. The van der Waals surface area contributed by atoms with E-state index in [4.69, 9.17) is 5.73 Å². The number of primary amides is 1. The number of esters is 1. The summed E-state index contributed by atoms with van der Waals surface area (Å²) in [6.07, 6.45) is -3.58. The highest BCUT2D eigenvalue weighted by atomic mass is 19.4. The van der Waals surface area contributed by atoms with E-state index in [0.29, 0.717) is 0 Å². The van der Waals surface area contributed by atoms with Crippen molar-refractivity contribution < 1.29 is 27.5 Å². The summed E-state index contributed by atoms with van der Waals surface area (Å²) in [7, 11) is 0. The Morgan fingerprint density at radius 1 is 1.40 bits per heavy atom. The van der Waals surface area contributed by atoms with E-state index < -0.39 is 23.8 Å². The molecule has 0 bridgehead atoms. The molecule has 6 nitrogen and oxygen atoms in total. The van der Waals surface area contributed by atoms with Crippen LogP contribution in [0.4, 0.5) is 13.2 Å². The summed E-state index contributed by atoms with van der Waals surface area (Å²) in [5.74, 6) is -3.93. The molecule has 0 aromatic heterocycles. The molecule has 1 aliphatic heterocycles. The molecule has 1 aliphatic rings. The average Bonchev–Trinajstić information content (AvgIpc) is 2.52. The fourth-order valence-corrected chi connectivity index (χ4v) is 0.722. The maximum atomic E-state index is 11.8. The Hall–Kier alpha value is -1.93. The number of ether oxygens (including phenoxy) is 1. The minimum Gasteiger partial charge on any atom is -0.415 e. The van der Waals surface area contributed by atoms with Crippen molar-refractivity contribution in [2.45, 2.75) is 11.9 Å². The van der Waals surface area contributed by atoms with Crippen LogP contribution in [0.2, 0.25) is 0 Å². The van der Waals surface area contributed by atoms with Crippen molar-refractivity contribution in [2.24, 2.45) is 16.0 Å². The Morgan fingerprint density at radius 2 is 2.00 bits per heavy atom. The van der Waals surface area contributed by atoms with Gasteiger partial charge in [0, 0.05) is 6.08 Å². The normalized spacial score (nSPS) is 24.2. The monoisotopic (exact) mass is 223 g/mol. The first-order valence-electron chi connectivity index (χ1n) is 3.48. The third kappa shape index (κ3) is 2.11. The van der Waals surface area contributed by atoms with Gasteiger partial charge in [0.15, 0.2) is 0 Å². The minimum absolute atomic E-state index is 0.749. The van der Waals surface area contributed by atoms with E-state index in [0.717, 1.165) is 12.3 Å². The van der Waals surface area contributed by atoms with Crippen molar-refractivity contribution in [3.63, 3.8) is 0 Å². The molecule has 9 heteroatoms. The van der Waals surface area contributed by atoms with Crippen LogP contribution in [0.15, 0.2) is 22.5 Å². The van der Waals surface area contributed by atoms with E-state index in [1.807, 2.05) is 0 Å². The molecule has 1 amide bonds. The zero-order chi connectivity index (χ0) is 11.7. The van der Waals surface area contributed by atoms with Crippen LogP contribution < -0.4 is 5.73 Å². The number of hydrogen-bond donors (Lipinski definition) is 1. The van der Waals surface area contributed by atoms with Crippen molar-refractivity contribution in [1.82, 2.24) is 0 Å². The van der Waals surface area contributed by atoms with Crippen LogP contribution in [0.5, 0.6) is 0 Å². The zero-order valence-corrected chi connectivity index (χ0v) is 6.99. The number of hydrogen-bond acceptors (Lipinski definition) is 5. The standard InChI is InChI=1S/C6H4F3N3O3/c7-6(8,9)4(14)15-5(3(10)13)1-2-11-12-5/h1-2H,(H2,10,13). The molecule has 2 N–H and O–H groups in total. The largest absolute Gasteiger partial charge is 0.491 e. The predicted molar refractivity (Wildman–Crippen MR) is 38.1 cm³/mol. The minimum atomic E-state index is -5.23. The molecule has 0 saturated carbocycles. The number of amides is 1. The summed E-state index contributed by atoms with van der Waals surface area (Å²) in [6.45, 7) is 0. The lowest BCUT2D eigenvalue weighted by molar-refractivity contribution is -0.209. The summed E-state index contributed by atoms with van der Waals surface area (Å²) in [4.78, 5) is 21.2. The lowest BCUT2D eigenvalue weighted by Gasteiger charge is -2.19. The van der Waals surface area contributed by atoms with Gasteiger partial charge in [0.05, 0.1) is 6.20 Å². The smallest absolute Gasteiger partial charge is 0.415 e. The van der Waals surface area contributed by atoms with Crippen LogP contribution in [0.1, 0.15) is 0 Å². The Bertz CT molecular complexity index is 348. The molecule has 82 valence electrons. The van der Waals surface area contributed by atoms with E-state index in [-0.39, 0.29) is 0 Å². The van der Waals surface area contributed by atoms with Gasteiger partial charge in [-0.15, -0.1) is 5.11 Å². The van der Waals surface area contributed by atoms with E-state index in [1.54, 1.807) is 0 Å². The second kappa shape index (κ2) is 3.33. The van der Waals surface area contributed by atoms with Crippen molar-refractivity contribution in [2.75, 3.05) is 0 Å². The van der Waals surface area contributed by atoms with Gasteiger partial charge in [0.1, 0.15) is 0 Å². The fraction of sp³-hybridized carbons (Fsp3) is 0.333. The molecule has 1 heterocycles. The summed E-state index contributed by atoms with van der Waals surface area (Å²) < 4.78 is 39.3. The van der Waals surface area contributed by atoms with Gasteiger partial charge in [0.2, 0.25) is 0 Å². The zero-order valence-electron chi connectivity index (χ0n) is 6.99. The first-order chi connectivity index (χ1) is 6.78. The molecule has 1 atom stereocenters. The highest BCUT2D eigenvalue weighted by Crippen LogP contribution is 2.26. The van der Waals surface area contributed by atoms with Gasteiger partial charge in [-0.1, -0.05) is 0 Å². The summed E-state index contributed by atoms with van der Waals surface area (Å²) in [5, 5.41) is 6.11. The summed E-state index contributed by atoms with van der Waals surface area (Å²) in [6, 6.07) is 0. The molecule has 15 heavy (non-hydrogen) atoms. The molecule has 0 spiro atoms. The van der Waals surface area contributed by atoms with Crippen LogP contribution in [0.3, 0.4) is 0 Å². The van der Waals surface area contributed by atoms with E-state index >= 15 is 0 Å². The van der Waals surface area contributed by atoms with Crippen LogP contribution in [0, 0.1) is 0 Å². The Balaban J connectivity index is 2.88. The van der Waals surface area contributed by atoms with Crippen molar-refractivity contribution in [1.29, 1.82) is 0 Å². The lowest BCUT2D eigenvalue weighted by atomic mass is 10.2. The van der Waals surface area contributed by atoms with Crippen molar-refractivity contribution in [3.05, 3.63) is 12.3 Å². The number of nitrogens with zero attached hydrogens (tertiary/aromatic N) is 2. The van der Waals surface area contributed by atoms with Gasteiger partial charge in [0.25, 0.3) is 5.91 Å². The molecule has 0 aromatic carbocycles. The SMILES string of the molecule is NC(=O)C1(OC(=O)C(F)(F)F)C=CN=N1. The highest BCUT2D eigenvalue weighted by Gasteiger charge is 2.49. The van der Waals surface area contributed by atoms with E-state index in [9.17, 15) is 22.8 Å². The van der Waals surface area contributed by atoms with E-state index in [2.05, 4.69) is 15.0 Å². The van der Waals surface area contributed by atoms with Gasteiger partial charge < -0.3 is 10.5 Å². The fourth-order valence-electron chi connectivity index (χ4n) is 0.722. The Kier molecular flexibility index (Phi) is 2.48. The Morgan fingerprint density at radius 3 is 2.33 bits per heavy atom. The molecule has 0 saturated heterocycles. The van der Waals surface area contributed by atoms with E-state index in [1.165, 1.54) is 0 Å². The predicted octanol–water partition coefficient (Wildman–Crippen LogP) is 0.253. The number of nitrogens with two attached hydrogens (primary N) is 1. The van der Waals surface area contributed by atoms with Gasteiger partial charge in [-0.2, -0.15) is 18.3 Å². The topological polar surface area (TPSA) is 94.1 Å². The number of halogens is 3. The number of alkyl halides is 3. The Labute approximate surface area is 80.6 Å². The van der Waals surface area contributed by atoms with Gasteiger partial charge in [-0.05, 0) is 0 Å². The van der Waals surface area contributed by atoms with Crippen LogP contribution >= 0.6 is 0 Å². The maximum Gasteiger partial charge on any atom is 0.491 e. The quantitative estimate of drug-likeness (QED) is 0.680. The number of carbonyl (C=O) groups is 2. The van der Waals surface area contributed by atoms with Crippen LogP contribution in [-0.2, 0) is 14.3 Å². The maximum absolute atomic E-state index is 11.8. The second-order valence-electron chi connectivity index (χ2n) is 2.48. The number of azo groups is 1. The van der Waals surface area contributed by atoms with Crippen molar-refractivity contribution >= 4 is 11.9 Å². The van der Waals surface area contributed by atoms with Gasteiger partial charge in [-0.25, -0.2) is 4.79 Å². The molecule has 0 fully saturated rings. The van der Waals surface area contributed by atoms with Crippen LogP contribution in [0.25, 0.3) is 0 Å². The summed E-state index contributed by atoms with van der Waals surface area (Å²) in [5.41, 5.74) is 2.26. The molecule has 0 radical (unpaired) electrons. The van der Waals surface area contributed by atoms with Crippen LogP contribution in [-0.4, -0.2) is 23.8 Å². The first-order valence-corrected chi connectivity index (χ1v) is 3.48. The molecule has 1 rings (SSSR count). The third-order valence-electron chi connectivity index (χ3n) is 1.41. The molecule has 0 aliphatic carbocycles. The molecule has 1 unspecified atom stereocenters. The lowest BCUT2D eigenvalue weighted by Crippen LogP contribution is -2.46.